The van der Waals surface area contributed by atoms with Gasteiger partial charge in [0.1, 0.15) is 13.2 Å². The van der Waals surface area contributed by atoms with E-state index in [0.717, 1.165) is 36.8 Å². The highest BCUT2D eigenvalue weighted by atomic mass is 16.6. The number of epoxide rings is 2. The molecule has 2 aliphatic carbocycles. The maximum atomic E-state index is 11.7. The average Bonchev–Trinajstić information content (AvgIpc) is 3.68. The zero-order valence-electron chi connectivity index (χ0n) is 17.9. The molecule has 0 spiro atoms. The van der Waals surface area contributed by atoms with E-state index in [1.54, 1.807) is 0 Å². The molecular weight excluding hydrogens is 408 g/mol. The van der Waals surface area contributed by atoms with Crippen LogP contribution < -0.4 is 0 Å². The highest BCUT2D eigenvalue weighted by Gasteiger charge is 2.51. The van der Waals surface area contributed by atoms with Crippen molar-refractivity contribution in [3.63, 3.8) is 0 Å². The van der Waals surface area contributed by atoms with E-state index in [-0.39, 0.29) is 23.8 Å². The largest absolute Gasteiger partial charge is 0.461 e. The molecule has 2 heterocycles. The molecule has 4 aliphatic rings. The quantitative estimate of drug-likeness (QED) is 0.506. The van der Waals surface area contributed by atoms with Crippen LogP contribution in [0.1, 0.15) is 36.8 Å². The van der Waals surface area contributed by atoms with Crippen LogP contribution in [0.4, 0.5) is 0 Å². The van der Waals surface area contributed by atoms with E-state index in [1.807, 2.05) is 60.7 Å². The Kier molecular flexibility index (Phi) is 6.23. The SMILES string of the molecule is O=C(OCc1ccccc1)C1C[C@@H]2O[C@@H]2C1.O=C(OCc1ccccc1)C1C[C@@H]2O[C@@H]2C1. The van der Waals surface area contributed by atoms with Crippen LogP contribution in [0.25, 0.3) is 0 Å². The number of hydrogen-bond acceptors (Lipinski definition) is 6. The Balaban J connectivity index is 0.000000135. The molecule has 2 unspecified atom stereocenters. The summed E-state index contributed by atoms with van der Waals surface area (Å²) in [4.78, 5) is 23.4. The predicted octanol–water partition coefficient (Wildman–Crippen LogP) is 3.81. The van der Waals surface area contributed by atoms with Crippen molar-refractivity contribution in [3.8, 4) is 0 Å². The van der Waals surface area contributed by atoms with Crippen molar-refractivity contribution < 1.29 is 28.5 Å². The second-order valence-electron chi connectivity index (χ2n) is 8.95. The number of ether oxygens (including phenoxy) is 4. The van der Waals surface area contributed by atoms with Gasteiger partial charge in [-0.1, -0.05) is 60.7 Å². The molecule has 0 radical (unpaired) electrons. The molecule has 0 amide bonds. The normalized spacial score (nSPS) is 30.9. The first-order chi connectivity index (χ1) is 15.7. The maximum absolute atomic E-state index is 11.7. The summed E-state index contributed by atoms with van der Waals surface area (Å²) in [6.45, 7) is 0.763. The Labute approximate surface area is 187 Å². The fourth-order valence-corrected chi connectivity index (χ4v) is 4.58. The van der Waals surface area contributed by atoms with Crippen LogP contribution in [0.2, 0.25) is 0 Å². The van der Waals surface area contributed by atoms with Gasteiger partial charge in [0, 0.05) is 0 Å². The van der Waals surface area contributed by atoms with Gasteiger partial charge in [0.25, 0.3) is 0 Å². The summed E-state index contributed by atoms with van der Waals surface area (Å²) in [7, 11) is 0. The highest BCUT2D eigenvalue weighted by Crippen LogP contribution is 2.43. The lowest BCUT2D eigenvalue weighted by Gasteiger charge is -2.11. The fourth-order valence-electron chi connectivity index (χ4n) is 4.58. The van der Waals surface area contributed by atoms with Crippen LogP contribution in [0.15, 0.2) is 60.7 Å². The zero-order chi connectivity index (χ0) is 21.9. The minimum Gasteiger partial charge on any atom is -0.461 e. The molecular formula is C26H28O6. The van der Waals surface area contributed by atoms with Gasteiger partial charge in [-0.3, -0.25) is 9.59 Å². The number of esters is 2. The molecule has 6 nitrogen and oxygen atoms in total. The van der Waals surface area contributed by atoms with Crippen LogP contribution >= 0.6 is 0 Å². The van der Waals surface area contributed by atoms with Crippen LogP contribution in [-0.4, -0.2) is 36.4 Å². The number of fused-ring (bicyclic) bond motifs is 2. The summed E-state index contributed by atoms with van der Waals surface area (Å²) in [6, 6.07) is 19.5. The molecule has 2 saturated carbocycles. The second-order valence-corrected chi connectivity index (χ2v) is 8.95. The molecule has 2 aromatic carbocycles. The summed E-state index contributed by atoms with van der Waals surface area (Å²) >= 11 is 0. The minimum absolute atomic E-state index is 0.0625. The lowest BCUT2D eigenvalue weighted by Crippen LogP contribution is -2.17. The van der Waals surface area contributed by atoms with E-state index in [1.165, 1.54) is 0 Å². The van der Waals surface area contributed by atoms with Crippen LogP contribution in [-0.2, 0) is 41.8 Å². The summed E-state index contributed by atoms with van der Waals surface area (Å²) in [5, 5.41) is 0. The van der Waals surface area contributed by atoms with Gasteiger partial charge < -0.3 is 18.9 Å². The van der Waals surface area contributed by atoms with Gasteiger partial charge in [0.05, 0.1) is 36.3 Å². The lowest BCUT2D eigenvalue weighted by atomic mass is 10.1. The summed E-state index contributed by atoms with van der Waals surface area (Å²) in [5.41, 5.74) is 2.07. The molecule has 0 aromatic heterocycles. The first-order valence-corrected chi connectivity index (χ1v) is 11.4. The Morgan fingerprint density at radius 1 is 0.625 bits per heavy atom. The van der Waals surface area contributed by atoms with Gasteiger partial charge in [0.15, 0.2) is 0 Å². The summed E-state index contributed by atoms with van der Waals surface area (Å²) < 4.78 is 21.1. The highest BCUT2D eigenvalue weighted by molar-refractivity contribution is 5.73. The maximum Gasteiger partial charge on any atom is 0.309 e. The number of carbonyl (C=O) groups excluding carboxylic acids is 2. The third-order valence-electron chi connectivity index (χ3n) is 6.56. The van der Waals surface area contributed by atoms with Crippen LogP contribution in [0.3, 0.4) is 0 Å². The number of rotatable bonds is 6. The molecule has 2 saturated heterocycles. The van der Waals surface area contributed by atoms with E-state index in [9.17, 15) is 9.59 Å². The topological polar surface area (TPSA) is 77.7 Å². The van der Waals surface area contributed by atoms with Gasteiger partial charge in [-0.15, -0.1) is 0 Å². The predicted molar refractivity (Wildman–Crippen MR) is 115 cm³/mol. The molecule has 6 rings (SSSR count). The Morgan fingerprint density at radius 2 is 0.969 bits per heavy atom. The zero-order valence-corrected chi connectivity index (χ0v) is 17.9. The van der Waals surface area contributed by atoms with Crippen molar-refractivity contribution in [2.75, 3.05) is 0 Å². The second kappa shape index (κ2) is 9.43. The van der Waals surface area contributed by atoms with Crippen molar-refractivity contribution in [1.29, 1.82) is 0 Å². The molecule has 168 valence electrons. The number of benzene rings is 2. The number of carbonyl (C=O) groups is 2. The van der Waals surface area contributed by atoms with Crippen molar-refractivity contribution in [2.24, 2.45) is 11.8 Å². The monoisotopic (exact) mass is 436 g/mol. The van der Waals surface area contributed by atoms with Gasteiger partial charge in [0.2, 0.25) is 0 Å². The standard InChI is InChI=1S/2C13H14O3/c2*14-13(10-6-11-12(7-10)16-11)15-8-9-4-2-1-3-5-9/h2*1-5,10-12H,6-8H2/t2*10?,11-,12+. The molecule has 32 heavy (non-hydrogen) atoms. The first-order valence-electron chi connectivity index (χ1n) is 11.4. The van der Waals surface area contributed by atoms with Gasteiger partial charge in [-0.05, 0) is 36.8 Å². The molecule has 6 atom stereocenters. The van der Waals surface area contributed by atoms with Gasteiger partial charge in [-0.2, -0.15) is 0 Å². The smallest absolute Gasteiger partial charge is 0.309 e. The molecule has 0 bridgehead atoms. The Morgan fingerprint density at radius 3 is 1.31 bits per heavy atom. The minimum atomic E-state index is -0.0698. The van der Waals surface area contributed by atoms with Crippen molar-refractivity contribution in [3.05, 3.63) is 71.8 Å². The van der Waals surface area contributed by atoms with Crippen molar-refractivity contribution >= 4 is 11.9 Å². The first kappa shape index (κ1) is 21.2. The summed E-state index contributed by atoms with van der Waals surface area (Å²) in [5.74, 6) is -0.0146. The molecule has 4 fully saturated rings. The van der Waals surface area contributed by atoms with Crippen LogP contribution in [0.5, 0.6) is 0 Å². The van der Waals surface area contributed by atoms with Crippen molar-refractivity contribution in [2.45, 2.75) is 63.3 Å². The summed E-state index contributed by atoms with van der Waals surface area (Å²) in [6.07, 6.45) is 4.75. The number of hydrogen-bond donors (Lipinski definition) is 0. The van der Waals surface area contributed by atoms with E-state index >= 15 is 0 Å². The third kappa shape index (κ3) is 5.37. The fraction of sp³-hybridized carbons (Fsp3) is 0.462. The van der Waals surface area contributed by atoms with E-state index < -0.39 is 0 Å². The van der Waals surface area contributed by atoms with E-state index in [2.05, 4.69) is 0 Å². The average molecular weight is 437 g/mol. The van der Waals surface area contributed by atoms with Crippen molar-refractivity contribution in [1.82, 2.24) is 0 Å². The molecule has 2 aliphatic heterocycles. The third-order valence-corrected chi connectivity index (χ3v) is 6.56. The molecule has 6 heteroatoms. The lowest BCUT2D eigenvalue weighted by molar-refractivity contribution is -0.151. The Hall–Kier alpha value is -2.70. The van der Waals surface area contributed by atoms with E-state index in [4.69, 9.17) is 18.9 Å². The van der Waals surface area contributed by atoms with Gasteiger partial charge >= 0.3 is 11.9 Å². The Bertz CT molecular complexity index is 832. The van der Waals surface area contributed by atoms with Crippen LogP contribution in [0, 0.1) is 11.8 Å². The molecule has 2 aromatic rings. The molecule has 0 N–H and O–H groups in total. The van der Waals surface area contributed by atoms with E-state index in [0.29, 0.717) is 37.6 Å². The van der Waals surface area contributed by atoms with Gasteiger partial charge in [-0.25, -0.2) is 0 Å².